The van der Waals surface area contributed by atoms with E-state index in [1.807, 2.05) is 50.2 Å². The van der Waals surface area contributed by atoms with Crippen LogP contribution in [-0.2, 0) is 10.2 Å². The topological polar surface area (TPSA) is 42.2 Å². The highest BCUT2D eigenvalue weighted by Crippen LogP contribution is 2.49. The van der Waals surface area contributed by atoms with Crippen molar-refractivity contribution >= 4 is 17.5 Å². The lowest BCUT2D eigenvalue weighted by atomic mass is 9.94. The average molecular weight is 304 g/mol. The van der Waals surface area contributed by atoms with E-state index < -0.39 is 5.41 Å². The van der Waals surface area contributed by atoms with E-state index in [1.54, 1.807) is 0 Å². The lowest BCUT2D eigenvalue weighted by Crippen LogP contribution is -2.36. The Morgan fingerprint density at radius 1 is 1.33 bits per heavy atom. The van der Waals surface area contributed by atoms with Gasteiger partial charge >= 0.3 is 0 Å². The molecule has 3 nitrogen and oxygen atoms in total. The summed E-state index contributed by atoms with van der Waals surface area (Å²) in [6.07, 6.45) is 1.73. The highest BCUT2D eigenvalue weighted by molar-refractivity contribution is 6.30. The monoisotopic (exact) mass is 303 g/mol. The summed E-state index contributed by atoms with van der Waals surface area (Å²) in [5.41, 5.74) is 0.580. The van der Waals surface area contributed by atoms with Crippen molar-refractivity contribution in [1.82, 2.24) is 5.32 Å². The van der Waals surface area contributed by atoms with Crippen LogP contribution in [0, 0.1) is 6.92 Å². The van der Waals surface area contributed by atoms with Crippen LogP contribution in [0.25, 0.3) is 0 Å². The second kappa shape index (κ2) is 5.23. The number of carbonyl (C=O) groups excluding carboxylic acids is 1. The molecule has 1 aromatic heterocycles. The number of amides is 1. The molecule has 2 aromatic rings. The SMILES string of the molecule is Cc1ccc(C(C)NC(=O)C2(c3cccc(Cl)c3)CC2)o1. The van der Waals surface area contributed by atoms with Gasteiger partial charge < -0.3 is 9.73 Å². The van der Waals surface area contributed by atoms with Gasteiger partial charge in [-0.25, -0.2) is 0 Å². The summed E-state index contributed by atoms with van der Waals surface area (Å²) in [7, 11) is 0. The van der Waals surface area contributed by atoms with E-state index in [0.29, 0.717) is 5.02 Å². The number of benzene rings is 1. The van der Waals surface area contributed by atoms with Crippen LogP contribution in [0.3, 0.4) is 0 Å². The van der Waals surface area contributed by atoms with E-state index in [9.17, 15) is 4.79 Å². The third-order valence-electron chi connectivity index (χ3n) is 4.10. The molecule has 1 unspecified atom stereocenters. The minimum Gasteiger partial charge on any atom is -0.464 e. The van der Waals surface area contributed by atoms with Crippen molar-refractivity contribution < 1.29 is 9.21 Å². The largest absolute Gasteiger partial charge is 0.464 e. The fourth-order valence-corrected chi connectivity index (χ4v) is 2.84. The van der Waals surface area contributed by atoms with Gasteiger partial charge in [0.25, 0.3) is 0 Å². The Hall–Kier alpha value is -1.74. The van der Waals surface area contributed by atoms with Gasteiger partial charge in [-0.15, -0.1) is 0 Å². The molecule has 1 heterocycles. The first kappa shape index (κ1) is 14.2. The molecule has 1 aromatic carbocycles. The molecule has 0 saturated heterocycles. The number of aryl methyl sites for hydroxylation is 1. The van der Waals surface area contributed by atoms with Gasteiger partial charge in [-0.3, -0.25) is 4.79 Å². The molecule has 1 aliphatic carbocycles. The van der Waals surface area contributed by atoms with Gasteiger partial charge in [0.15, 0.2) is 0 Å². The van der Waals surface area contributed by atoms with Crippen LogP contribution in [0.15, 0.2) is 40.8 Å². The minimum absolute atomic E-state index is 0.0475. The zero-order valence-corrected chi connectivity index (χ0v) is 12.9. The fourth-order valence-electron chi connectivity index (χ4n) is 2.65. The van der Waals surface area contributed by atoms with Crippen LogP contribution in [-0.4, -0.2) is 5.91 Å². The highest BCUT2D eigenvalue weighted by atomic mass is 35.5. The Bertz CT molecular complexity index is 673. The molecule has 1 amide bonds. The van der Waals surface area contributed by atoms with Crippen molar-refractivity contribution in [1.29, 1.82) is 0 Å². The number of nitrogens with one attached hydrogen (secondary N) is 1. The molecule has 0 radical (unpaired) electrons. The van der Waals surface area contributed by atoms with Crippen LogP contribution >= 0.6 is 11.6 Å². The minimum atomic E-state index is -0.416. The van der Waals surface area contributed by atoms with Crippen molar-refractivity contribution in [2.45, 2.75) is 38.1 Å². The van der Waals surface area contributed by atoms with Crippen LogP contribution < -0.4 is 5.32 Å². The van der Waals surface area contributed by atoms with E-state index >= 15 is 0 Å². The quantitative estimate of drug-likeness (QED) is 0.922. The molecule has 1 aliphatic rings. The molecule has 0 bridgehead atoms. The first-order valence-corrected chi connectivity index (χ1v) is 7.52. The number of hydrogen-bond acceptors (Lipinski definition) is 2. The van der Waals surface area contributed by atoms with Gasteiger partial charge in [0.1, 0.15) is 11.5 Å². The van der Waals surface area contributed by atoms with Crippen molar-refractivity contribution in [2.75, 3.05) is 0 Å². The summed E-state index contributed by atoms with van der Waals surface area (Å²) in [6.45, 7) is 3.83. The molecule has 0 spiro atoms. The highest BCUT2D eigenvalue weighted by Gasteiger charge is 2.51. The second-order valence-electron chi connectivity index (χ2n) is 5.74. The summed E-state index contributed by atoms with van der Waals surface area (Å²) in [4.78, 5) is 12.6. The number of halogens is 1. The Labute approximate surface area is 129 Å². The maximum Gasteiger partial charge on any atom is 0.231 e. The number of furan rings is 1. The molecule has 3 rings (SSSR count). The van der Waals surface area contributed by atoms with Gasteiger partial charge in [-0.05, 0) is 56.5 Å². The van der Waals surface area contributed by atoms with Crippen molar-refractivity contribution in [3.8, 4) is 0 Å². The zero-order chi connectivity index (χ0) is 15.0. The predicted octanol–water partition coefficient (Wildman–Crippen LogP) is 4.15. The van der Waals surface area contributed by atoms with E-state index in [-0.39, 0.29) is 11.9 Å². The molecule has 21 heavy (non-hydrogen) atoms. The second-order valence-corrected chi connectivity index (χ2v) is 6.17. The molecule has 4 heteroatoms. The summed E-state index contributed by atoms with van der Waals surface area (Å²) in [6, 6.07) is 11.2. The lowest BCUT2D eigenvalue weighted by molar-refractivity contribution is -0.124. The van der Waals surface area contributed by atoms with Crippen molar-refractivity contribution in [3.63, 3.8) is 0 Å². The maximum atomic E-state index is 12.6. The van der Waals surface area contributed by atoms with Crippen molar-refractivity contribution in [3.05, 3.63) is 58.5 Å². The summed E-state index contributed by atoms with van der Waals surface area (Å²) < 4.78 is 5.57. The van der Waals surface area contributed by atoms with Crippen LogP contribution in [0.5, 0.6) is 0 Å². The number of hydrogen-bond donors (Lipinski definition) is 1. The lowest BCUT2D eigenvalue weighted by Gasteiger charge is -2.19. The van der Waals surface area contributed by atoms with Gasteiger partial charge in [0, 0.05) is 5.02 Å². The van der Waals surface area contributed by atoms with E-state index in [1.165, 1.54) is 0 Å². The Morgan fingerprint density at radius 3 is 2.67 bits per heavy atom. The molecule has 1 N–H and O–H groups in total. The van der Waals surface area contributed by atoms with Gasteiger partial charge in [-0.2, -0.15) is 0 Å². The number of rotatable bonds is 4. The Balaban J connectivity index is 1.76. The maximum absolute atomic E-state index is 12.6. The Kier molecular flexibility index (Phi) is 3.54. The third kappa shape index (κ3) is 2.70. The first-order chi connectivity index (χ1) is 10.0. The van der Waals surface area contributed by atoms with E-state index in [0.717, 1.165) is 29.9 Å². The summed E-state index contributed by atoms with van der Waals surface area (Å²) in [5.74, 6) is 1.68. The van der Waals surface area contributed by atoms with Crippen LogP contribution in [0.4, 0.5) is 0 Å². The van der Waals surface area contributed by atoms with Crippen molar-refractivity contribution in [2.24, 2.45) is 0 Å². The van der Waals surface area contributed by atoms with Gasteiger partial charge in [0.05, 0.1) is 11.5 Å². The first-order valence-electron chi connectivity index (χ1n) is 7.15. The number of carbonyl (C=O) groups is 1. The van der Waals surface area contributed by atoms with Gasteiger partial charge in [0.2, 0.25) is 5.91 Å². The van der Waals surface area contributed by atoms with Crippen LogP contribution in [0.2, 0.25) is 5.02 Å². The van der Waals surface area contributed by atoms with E-state index in [2.05, 4.69) is 5.32 Å². The predicted molar refractivity (Wildman–Crippen MR) is 82.4 cm³/mol. The standard InChI is InChI=1S/C17H18ClNO2/c1-11-6-7-15(21-11)12(2)19-16(20)17(8-9-17)13-4-3-5-14(18)10-13/h3-7,10,12H,8-9H2,1-2H3,(H,19,20). The smallest absolute Gasteiger partial charge is 0.231 e. The third-order valence-corrected chi connectivity index (χ3v) is 4.33. The fraction of sp³-hybridized carbons (Fsp3) is 0.353. The molecule has 110 valence electrons. The average Bonchev–Trinajstić information content (AvgIpc) is 3.15. The molecule has 1 atom stereocenters. The molecule has 1 fully saturated rings. The molecular weight excluding hydrogens is 286 g/mol. The molecule has 1 saturated carbocycles. The van der Waals surface area contributed by atoms with E-state index in [4.69, 9.17) is 16.0 Å². The zero-order valence-electron chi connectivity index (χ0n) is 12.2. The van der Waals surface area contributed by atoms with Gasteiger partial charge in [-0.1, -0.05) is 23.7 Å². The molecular formula is C17H18ClNO2. The normalized spacial score (nSPS) is 17.3. The van der Waals surface area contributed by atoms with Crippen LogP contribution in [0.1, 0.15) is 42.9 Å². The Morgan fingerprint density at radius 2 is 2.10 bits per heavy atom. The summed E-state index contributed by atoms with van der Waals surface area (Å²) in [5, 5.41) is 3.72. The molecule has 0 aliphatic heterocycles. The summed E-state index contributed by atoms with van der Waals surface area (Å²) >= 11 is 6.04.